The van der Waals surface area contributed by atoms with Gasteiger partial charge in [-0.1, -0.05) is 20.8 Å². The fourth-order valence-electron chi connectivity index (χ4n) is 2.10. The summed E-state index contributed by atoms with van der Waals surface area (Å²) in [4.78, 5) is 0. The predicted molar refractivity (Wildman–Crippen MR) is 76.2 cm³/mol. The largest absolute Gasteiger partial charge is 0.319 e. The zero-order valence-electron chi connectivity index (χ0n) is 11.5. The van der Waals surface area contributed by atoms with Crippen molar-refractivity contribution in [3.05, 3.63) is 15.9 Å². The van der Waals surface area contributed by atoms with Crippen LogP contribution in [-0.2, 0) is 19.9 Å². The highest BCUT2D eigenvalue weighted by Gasteiger charge is 2.19. The molecule has 1 aromatic heterocycles. The van der Waals surface area contributed by atoms with Gasteiger partial charge in [-0.25, -0.2) is 0 Å². The van der Waals surface area contributed by atoms with Crippen molar-refractivity contribution in [3.8, 4) is 0 Å². The molecule has 1 atom stereocenters. The monoisotopic (exact) mass is 301 g/mol. The summed E-state index contributed by atoms with van der Waals surface area (Å²) < 4.78 is 3.22. The topological polar surface area (TPSA) is 29.9 Å². The molecule has 3 nitrogen and oxygen atoms in total. The molecule has 1 aromatic rings. The molecule has 4 heteroatoms. The first-order valence-corrected chi connectivity index (χ1v) is 7.15. The van der Waals surface area contributed by atoms with Gasteiger partial charge in [-0.2, -0.15) is 5.10 Å². The summed E-state index contributed by atoms with van der Waals surface area (Å²) in [6.07, 6.45) is 2.05. The zero-order valence-corrected chi connectivity index (χ0v) is 13.1. The molecule has 1 heterocycles. The molecule has 0 amide bonds. The summed E-state index contributed by atoms with van der Waals surface area (Å²) in [6.45, 7) is 7.77. The molecule has 17 heavy (non-hydrogen) atoms. The number of hydrogen-bond acceptors (Lipinski definition) is 2. The Morgan fingerprint density at radius 2 is 2.06 bits per heavy atom. The number of aromatic nitrogens is 2. The maximum atomic E-state index is 4.55. The van der Waals surface area contributed by atoms with Crippen LogP contribution in [0.1, 0.15) is 32.2 Å². The lowest BCUT2D eigenvalue weighted by atomic mass is 9.91. The third kappa shape index (κ3) is 3.55. The van der Waals surface area contributed by atoms with E-state index in [-0.39, 0.29) is 0 Å². The summed E-state index contributed by atoms with van der Waals surface area (Å²) >= 11 is 3.69. The van der Waals surface area contributed by atoms with E-state index in [1.165, 1.54) is 10.2 Å². The Morgan fingerprint density at radius 3 is 2.47 bits per heavy atom. The van der Waals surface area contributed by atoms with Crippen molar-refractivity contribution in [2.75, 3.05) is 13.6 Å². The lowest BCUT2D eigenvalue weighted by Gasteiger charge is -2.20. The van der Waals surface area contributed by atoms with Gasteiger partial charge < -0.3 is 5.32 Å². The first-order chi connectivity index (χ1) is 8.01. The molecular formula is C13H24BrN3. The number of rotatable bonds is 6. The predicted octanol–water partition coefficient (Wildman–Crippen LogP) is 2.78. The van der Waals surface area contributed by atoms with Crippen molar-refractivity contribution in [2.24, 2.45) is 18.9 Å². The number of aryl methyl sites for hydroxylation is 2. The van der Waals surface area contributed by atoms with E-state index >= 15 is 0 Å². The maximum Gasteiger partial charge on any atom is 0.0766 e. The normalized spacial score (nSPS) is 13.4. The van der Waals surface area contributed by atoms with E-state index in [4.69, 9.17) is 0 Å². The fraction of sp³-hybridized carbons (Fsp3) is 0.769. The van der Waals surface area contributed by atoms with Crippen LogP contribution < -0.4 is 5.32 Å². The van der Waals surface area contributed by atoms with E-state index in [1.807, 2.05) is 18.8 Å². The smallest absolute Gasteiger partial charge is 0.0766 e. The quantitative estimate of drug-likeness (QED) is 0.876. The number of nitrogens with zero attached hydrogens (tertiary/aromatic N) is 2. The van der Waals surface area contributed by atoms with Crippen LogP contribution in [0.5, 0.6) is 0 Å². The average molecular weight is 302 g/mol. The highest BCUT2D eigenvalue weighted by atomic mass is 79.9. The Hall–Kier alpha value is -0.350. The highest BCUT2D eigenvalue weighted by Crippen LogP contribution is 2.26. The third-order valence-corrected chi connectivity index (χ3v) is 4.28. The molecule has 0 aliphatic heterocycles. The van der Waals surface area contributed by atoms with Crippen molar-refractivity contribution < 1.29 is 0 Å². The van der Waals surface area contributed by atoms with E-state index in [9.17, 15) is 0 Å². The molecule has 98 valence electrons. The van der Waals surface area contributed by atoms with Crippen LogP contribution in [0.4, 0.5) is 0 Å². The molecule has 0 fully saturated rings. The minimum atomic E-state index is 0.649. The van der Waals surface area contributed by atoms with Gasteiger partial charge in [0.1, 0.15) is 0 Å². The van der Waals surface area contributed by atoms with Gasteiger partial charge in [0.05, 0.1) is 15.9 Å². The van der Waals surface area contributed by atoms with Gasteiger partial charge in [0, 0.05) is 7.05 Å². The van der Waals surface area contributed by atoms with E-state index < -0.39 is 0 Å². The summed E-state index contributed by atoms with van der Waals surface area (Å²) in [5.74, 6) is 1.32. The van der Waals surface area contributed by atoms with Crippen LogP contribution >= 0.6 is 15.9 Å². The van der Waals surface area contributed by atoms with Crippen molar-refractivity contribution in [2.45, 2.75) is 33.6 Å². The van der Waals surface area contributed by atoms with Gasteiger partial charge in [0.2, 0.25) is 0 Å². The van der Waals surface area contributed by atoms with Crippen LogP contribution in [0, 0.1) is 11.8 Å². The van der Waals surface area contributed by atoms with Crippen molar-refractivity contribution >= 4 is 15.9 Å². The molecule has 1 N–H and O–H groups in total. The fourth-order valence-corrected chi connectivity index (χ4v) is 2.87. The Labute approximate surface area is 113 Å². The van der Waals surface area contributed by atoms with Crippen molar-refractivity contribution in [3.63, 3.8) is 0 Å². The van der Waals surface area contributed by atoms with Crippen molar-refractivity contribution in [1.82, 2.24) is 15.1 Å². The molecule has 0 aromatic carbocycles. The second-order valence-corrected chi connectivity index (χ2v) is 5.74. The van der Waals surface area contributed by atoms with Gasteiger partial charge in [-0.05, 0) is 54.2 Å². The second kappa shape index (κ2) is 6.55. The second-order valence-electron chi connectivity index (χ2n) is 4.95. The average Bonchev–Trinajstić information content (AvgIpc) is 2.55. The molecule has 0 saturated carbocycles. The molecule has 0 aliphatic carbocycles. The highest BCUT2D eigenvalue weighted by molar-refractivity contribution is 9.10. The summed E-state index contributed by atoms with van der Waals surface area (Å²) in [5, 5.41) is 7.83. The summed E-state index contributed by atoms with van der Waals surface area (Å²) in [5.41, 5.74) is 2.48. The standard InChI is InChI=1S/C13H24BrN3/c1-6-11-13(14)12(17(5)16-11)7-10(8-15-4)9(2)3/h9-10,15H,6-8H2,1-5H3. The third-order valence-electron chi connectivity index (χ3n) is 3.37. The minimum Gasteiger partial charge on any atom is -0.319 e. The first-order valence-electron chi connectivity index (χ1n) is 6.36. The van der Waals surface area contributed by atoms with Crippen LogP contribution in [0.15, 0.2) is 4.47 Å². The SMILES string of the molecule is CCc1nn(C)c(CC(CNC)C(C)C)c1Br. The summed E-state index contributed by atoms with van der Waals surface area (Å²) in [7, 11) is 4.06. The number of nitrogens with one attached hydrogen (secondary N) is 1. The molecule has 1 rings (SSSR count). The maximum absolute atomic E-state index is 4.55. The Kier molecular flexibility index (Phi) is 5.67. The number of hydrogen-bond donors (Lipinski definition) is 1. The zero-order chi connectivity index (χ0) is 13.0. The van der Waals surface area contributed by atoms with E-state index in [0.29, 0.717) is 11.8 Å². The summed E-state index contributed by atoms with van der Waals surface area (Å²) in [6, 6.07) is 0. The lowest BCUT2D eigenvalue weighted by Crippen LogP contribution is -2.26. The van der Waals surface area contributed by atoms with Gasteiger partial charge in [0.25, 0.3) is 0 Å². The van der Waals surface area contributed by atoms with E-state index in [0.717, 1.165) is 25.1 Å². The molecular weight excluding hydrogens is 278 g/mol. The van der Waals surface area contributed by atoms with E-state index in [2.05, 4.69) is 47.1 Å². The number of halogens is 1. The van der Waals surface area contributed by atoms with Gasteiger partial charge in [-0.15, -0.1) is 0 Å². The van der Waals surface area contributed by atoms with Gasteiger partial charge in [-0.3, -0.25) is 4.68 Å². The van der Waals surface area contributed by atoms with E-state index in [1.54, 1.807) is 0 Å². The van der Waals surface area contributed by atoms with Crippen molar-refractivity contribution in [1.29, 1.82) is 0 Å². The minimum absolute atomic E-state index is 0.649. The van der Waals surface area contributed by atoms with Gasteiger partial charge >= 0.3 is 0 Å². The lowest BCUT2D eigenvalue weighted by molar-refractivity contribution is 0.362. The first kappa shape index (κ1) is 14.7. The molecule has 0 radical (unpaired) electrons. The Morgan fingerprint density at radius 1 is 1.41 bits per heavy atom. The Bertz CT molecular complexity index is 358. The van der Waals surface area contributed by atoms with Crippen LogP contribution in [-0.4, -0.2) is 23.4 Å². The molecule has 0 aliphatic rings. The van der Waals surface area contributed by atoms with Gasteiger partial charge in [0.15, 0.2) is 0 Å². The molecule has 0 spiro atoms. The van der Waals surface area contributed by atoms with Crippen LogP contribution in [0.2, 0.25) is 0 Å². The molecule has 0 bridgehead atoms. The Balaban J connectivity index is 2.88. The van der Waals surface area contributed by atoms with Crippen LogP contribution in [0.25, 0.3) is 0 Å². The molecule has 1 unspecified atom stereocenters. The van der Waals surface area contributed by atoms with Crippen LogP contribution in [0.3, 0.4) is 0 Å². The molecule has 0 saturated heterocycles.